The van der Waals surface area contributed by atoms with E-state index in [4.69, 9.17) is 5.73 Å². The highest BCUT2D eigenvalue weighted by molar-refractivity contribution is 7.91. The predicted octanol–water partition coefficient (Wildman–Crippen LogP) is 1.27. The van der Waals surface area contributed by atoms with E-state index >= 15 is 0 Å². The first-order valence-corrected chi connectivity index (χ1v) is 9.68. The summed E-state index contributed by atoms with van der Waals surface area (Å²) in [6, 6.07) is 3.04. The van der Waals surface area contributed by atoms with E-state index in [-0.39, 0.29) is 18.0 Å². The molecule has 0 saturated carbocycles. The minimum Gasteiger partial charge on any atom is -0.351 e. The summed E-state index contributed by atoms with van der Waals surface area (Å²) in [7, 11) is -3.51. The molecular formula is C14H23N3O3S2. The number of amides is 1. The molecular weight excluding hydrogens is 322 g/mol. The van der Waals surface area contributed by atoms with E-state index in [1.165, 1.54) is 18.3 Å². The summed E-state index contributed by atoms with van der Waals surface area (Å²) in [5.74, 6) is -0.133. The van der Waals surface area contributed by atoms with Gasteiger partial charge in [0.25, 0.3) is 10.0 Å². The predicted molar refractivity (Wildman–Crippen MR) is 87.0 cm³/mol. The molecule has 2 unspecified atom stereocenters. The van der Waals surface area contributed by atoms with Gasteiger partial charge in [-0.1, -0.05) is 6.42 Å². The van der Waals surface area contributed by atoms with Crippen molar-refractivity contribution in [2.75, 3.05) is 6.54 Å². The molecule has 2 atom stereocenters. The van der Waals surface area contributed by atoms with E-state index in [0.29, 0.717) is 17.3 Å². The maximum absolute atomic E-state index is 12.8. The van der Waals surface area contributed by atoms with E-state index < -0.39 is 10.0 Å². The zero-order chi connectivity index (χ0) is 16.3. The van der Waals surface area contributed by atoms with Crippen LogP contribution in [-0.2, 0) is 21.4 Å². The fourth-order valence-electron chi connectivity index (χ4n) is 2.67. The molecule has 0 radical (unpaired) electrons. The molecule has 0 aromatic carbocycles. The molecule has 3 N–H and O–H groups in total. The Morgan fingerprint density at radius 1 is 1.50 bits per heavy atom. The molecule has 124 valence electrons. The number of nitrogens with zero attached hydrogens (tertiary/aromatic N) is 1. The van der Waals surface area contributed by atoms with Crippen LogP contribution in [0, 0.1) is 0 Å². The van der Waals surface area contributed by atoms with Crippen LogP contribution in [0.2, 0.25) is 0 Å². The Labute approximate surface area is 135 Å². The Kier molecular flexibility index (Phi) is 5.60. The minimum atomic E-state index is -3.51. The summed E-state index contributed by atoms with van der Waals surface area (Å²) in [5, 5.41) is 2.68. The molecule has 1 amide bonds. The first-order chi connectivity index (χ1) is 10.3. The molecule has 1 fully saturated rings. The van der Waals surface area contributed by atoms with Gasteiger partial charge in [0, 0.05) is 30.4 Å². The Hall–Kier alpha value is -0.960. The Morgan fingerprint density at radius 2 is 2.23 bits per heavy atom. The first-order valence-electron chi connectivity index (χ1n) is 7.43. The average Bonchev–Trinajstić information content (AvgIpc) is 2.94. The maximum atomic E-state index is 12.8. The van der Waals surface area contributed by atoms with Gasteiger partial charge in [0.05, 0.1) is 6.54 Å². The number of hydrogen-bond acceptors (Lipinski definition) is 5. The van der Waals surface area contributed by atoms with Crippen molar-refractivity contribution in [2.24, 2.45) is 5.73 Å². The molecule has 22 heavy (non-hydrogen) atoms. The third-order valence-corrected chi connectivity index (χ3v) is 7.29. The Morgan fingerprint density at radius 3 is 2.86 bits per heavy atom. The van der Waals surface area contributed by atoms with Crippen molar-refractivity contribution in [1.82, 2.24) is 9.62 Å². The molecule has 0 spiro atoms. The summed E-state index contributed by atoms with van der Waals surface area (Å²) < 4.78 is 27.6. The number of nitrogens with two attached hydrogens (primary N) is 1. The standard InChI is InChI=1S/C14H23N3O3S2/c1-10(15)13-5-3-4-8-17(13)22(19,20)14-7-6-12(21-14)9-16-11(2)18/h6-7,10,13H,3-5,8-9,15H2,1-2H3,(H,16,18). The summed E-state index contributed by atoms with van der Waals surface area (Å²) in [6.45, 7) is 4.17. The Bertz CT molecular complexity index is 625. The van der Waals surface area contributed by atoms with Gasteiger partial charge in [0.15, 0.2) is 0 Å². The SMILES string of the molecule is CC(=O)NCc1ccc(S(=O)(=O)N2CCCCC2C(C)N)s1. The van der Waals surface area contributed by atoms with Crippen LogP contribution in [0.3, 0.4) is 0 Å². The van der Waals surface area contributed by atoms with Crippen LogP contribution in [0.4, 0.5) is 0 Å². The number of thiophene rings is 1. The van der Waals surface area contributed by atoms with Crippen LogP contribution in [0.15, 0.2) is 16.3 Å². The van der Waals surface area contributed by atoms with Gasteiger partial charge in [0.1, 0.15) is 4.21 Å². The molecule has 1 aliphatic heterocycles. The van der Waals surface area contributed by atoms with Crippen LogP contribution in [0.25, 0.3) is 0 Å². The quantitative estimate of drug-likeness (QED) is 0.841. The summed E-state index contributed by atoms with van der Waals surface area (Å²) >= 11 is 1.20. The van der Waals surface area contributed by atoms with Gasteiger partial charge in [-0.15, -0.1) is 11.3 Å². The van der Waals surface area contributed by atoms with Crippen molar-refractivity contribution < 1.29 is 13.2 Å². The average molecular weight is 345 g/mol. The lowest BCUT2D eigenvalue weighted by Gasteiger charge is -2.36. The first kappa shape index (κ1) is 17.4. The lowest BCUT2D eigenvalue weighted by Crippen LogP contribution is -2.51. The highest BCUT2D eigenvalue weighted by Gasteiger charge is 2.36. The summed E-state index contributed by atoms with van der Waals surface area (Å²) in [6.07, 6.45) is 2.68. The van der Waals surface area contributed by atoms with Crippen molar-refractivity contribution in [3.63, 3.8) is 0 Å². The van der Waals surface area contributed by atoms with Gasteiger partial charge >= 0.3 is 0 Å². The second-order valence-electron chi connectivity index (χ2n) is 5.67. The fourth-order valence-corrected chi connectivity index (χ4v) is 5.87. The molecule has 0 aliphatic carbocycles. The van der Waals surface area contributed by atoms with Crippen LogP contribution >= 0.6 is 11.3 Å². The molecule has 2 heterocycles. The van der Waals surface area contributed by atoms with Crippen molar-refractivity contribution in [3.8, 4) is 0 Å². The van der Waals surface area contributed by atoms with Gasteiger partial charge in [-0.25, -0.2) is 8.42 Å². The summed E-state index contributed by atoms with van der Waals surface area (Å²) in [4.78, 5) is 11.8. The highest BCUT2D eigenvalue weighted by atomic mass is 32.2. The maximum Gasteiger partial charge on any atom is 0.252 e. The van der Waals surface area contributed by atoms with Gasteiger partial charge in [0.2, 0.25) is 5.91 Å². The molecule has 1 aliphatic rings. The topological polar surface area (TPSA) is 92.5 Å². The zero-order valence-corrected chi connectivity index (χ0v) is 14.5. The number of sulfonamides is 1. The Balaban J connectivity index is 2.20. The number of carbonyl (C=O) groups excluding carboxylic acids is 1. The van der Waals surface area contributed by atoms with Crippen molar-refractivity contribution >= 4 is 27.3 Å². The van der Waals surface area contributed by atoms with Crippen LogP contribution < -0.4 is 11.1 Å². The highest BCUT2D eigenvalue weighted by Crippen LogP contribution is 2.30. The van der Waals surface area contributed by atoms with E-state index in [1.54, 1.807) is 16.4 Å². The number of rotatable bonds is 5. The molecule has 6 nitrogen and oxygen atoms in total. The number of nitrogens with one attached hydrogen (secondary N) is 1. The zero-order valence-electron chi connectivity index (χ0n) is 12.9. The third-order valence-electron chi connectivity index (χ3n) is 3.82. The minimum absolute atomic E-state index is 0.133. The molecule has 1 saturated heterocycles. The molecule has 2 rings (SSSR count). The lowest BCUT2D eigenvalue weighted by molar-refractivity contribution is -0.119. The smallest absolute Gasteiger partial charge is 0.252 e. The van der Waals surface area contributed by atoms with E-state index in [0.717, 1.165) is 24.1 Å². The van der Waals surface area contributed by atoms with E-state index in [1.807, 2.05) is 6.92 Å². The summed E-state index contributed by atoms with van der Waals surface area (Å²) in [5.41, 5.74) is 5.97. The van der Waals surface area contributed by atoms with Gasteiger partial charge in [-0.2, -0.15) is 4.31 Å². The van der Waals surface area contributed by atoms with Gasteiger partial charge in [-0.3, -0.25) is 4.79 Å². The lowest BCUT2D eigenvalue weighted by atomic mass is 10.00. The van der Waals surface area contributed by atoms with Crippen LogP contribution in [0.5, 0.6) is 0 Å². The van der Waals surface area contributed by atoms with E-state index in [2.05, 4.69) is 5.32 Å². The van der Waals surface area contributed by atoms with Crippen molar-refractivity contribution in [3.05, 3.63) is 17.0 Å². The largest absolute Gasteiger partial charge is 0.351 e. The number of carbonyl (C=O) groups is 1. The molecule has 0 bridgehead atoms. The van der Waals surface area contributed by atoms with E-state index in [9.17, 15) is 13.2 Å². The number of hydrogen-bond donors (Lipinski definition) is 2. The monoisotopic (exact) mass is 345 g/mol. The second kappa shape index (κ2) is 7.08. The molecule has 8 heteroatoms. The van der Waals surface area contributed by atoms with Crippen LogP contribution in [0.1, 0.15) is 38.0 Å². The number of piperidine rings is 1. The van der Waals surface area contributed by atoms with Crippen molar-refractivity contribution in [2.45, 2.75) is 55.9 Å². The third kappa shape index (κ3) is 3.87. The van der Waals surface area contributed by atoms with Crippen molar-refractivity contribution in [1.29, 1.82) is 0 Å². The normalized spacial score (nSPS) is 21.5. The van der Waals surface area contributed by atoms with Gasteiger partial charge in [-0.05, 0) is 31.9 Å². The van der Waals surface area contributed by atoms with Gasteiger partial charge < -0.3 is 11.1 Å². The van der Waals surface area contributed by atoms with Crippen LogP contribution in [-0.4, -0.2) is 37.3 Å². The second-order valence-corrected chi connectivity index (χ2v) is 8.95. The molecule has 1 aromatic rings. The molecule has 1 aromatic heterocycles. The fraction of sp³-hybridized carbons (Fsp3) is 0.643.